The maximum Gasteiger partial charge on any atom is 0.255 e. The van der Waals surface area contributed by atoms with E-state index in [1.165, 1.54) is 5.56 Å². The number of thiophene rings is 1. The van der Waals surface area contributed by atoms with Crippen LogP contribution >= 0.6 is 11.3 Å². The highest BCUT2D eigenvalue weighted by atomic mass is 32.1. The van der Waals surface area contributed by atoms with E-state index >= 15 is 0 Å². The van der Waals surface area contributed by atoms with Gasteiger partial charge in [0.25, 0.3) is 5.91 Å². The number of amides is 1. The molecule has 2 heterocycles. The average molecular weight is 244 g/mol. The molecule has 86 valence electrons. The molecule has 0 fully saturated rings. The van der Waals surface area contributed by atoms with Crippen molar-refractivity contribution in [3.05, 3.63) is 46.2 Å². The Morgan fingerprint density at radius 3 is 3.12 bits per heavy atom. The monoisotopic (exact) mass is 244 g/mol. The molecule has 0 spiro atoms. The van der Waals surface area contributed by atoms with Gasteiger partial charge in [0.2, 0.25) is 0 Å². The van der Waals surface area contributed by atoms with Crippen molar-refractivity contribution in [2.24, 2.45) is 0 Å². The number of anilines is 2. The van der Waals surface area contributed by atoms with Crippen molar-refractivity contribution in [1.82, 2.24) is 0 Å². The van der Waals surface area contributed by atoms with Crippen molar-refractivity contribution in [2.45, 2.75) is 6.42 Å². The van der Waals surface area contributed by atoms with E-state index in [1.807, 2.05) is 35.0 Å². The van der Waals surface area contributed by atoms with Gasteiger partial charge in [0.1, 0.15) is 0 Å². The van der Waals surface area contributed by atoms with Crippen molar-refractivity contribution in [3.63, 3.8) is 0 Å². The third-order valence-electron chi connectivity index (χ3n) is 2.86. The zero-order valence-electron chi connectivity index (χ0n) is 9.19. The lowest BCUT2D eigenvalue weighted by molar-refractivity contribution is 0.102. The van der Waals surface area contributed by atoms with Crippen molar-refractivity contribution in [2.75, 3.05) is 17.2 Å². The molecular formula is C13H12N2OS. The lowest BCUT2D eigenvalue weighted by Gasteiger charge is -2.05. The van der Waals surface area contributed by atoms with Gasteiger partial charge >= 0.3 is 0 Å². The normalized spacial score (nSPS) is 12.9. The molecule has 4 heteroatoms. The average Bonchev–Trinajstić information content (AvgIpc) is 2.97. The molecule has 17 heavy (non-hydrogen) atoms. The van der Waals surface area contributed by atoms with E-state index in [4.69, 9.17) is 0 Å². The van der Waals surface area contributed by atoms with Crippen molar-refractivity contribution in [1.29, 1.82) is 0 Å². The molecule has 0 saturated carbocycles. The summed E-state index contributed by atoms with van der Waals surface area (Å²) in [5.41, 5.74) is 3.96. The minimum atomic E-state index is -0.0434. The Kier molecular flexibility index (Phi) is 2.57. The van der Waals surface area contributed by atoms with E-state index in [2.05, 4.69) is 10.6 Å². The minimum Gasteiger partial charge on any atom is -0.384 e. The fourth-order valence-corrected chi connectivity index (χ4v) is 2.57. The van der Waals surface area contributed by atoms with Crippen LogP contribution in [0.5, 0.6) is 0 Å². The number of hydrogen-bond donors (Lipinski definition) is 2. The van der Waals surface area contributed by atoms with Crippen LogP contribution in [0.25, 0.3) is 0 Å². The standard InChI is InChI=1S/C13H12N2OS/c16-13(15-11-4-6-17-8-11)10-1-2-12-9(7-10)3-5-14-12/h1-2,4,6-8,14H,3,5H2,(H,15,16). The number of benzene rings is 1. The van der Waals surface area contributed by atoms with Crippen LogP contribution in [0.1, 0.15) is 15.9 Å². The summed E-state index contributed by atoms with van der Waals surface area (Å²) in [6, 6.07) is 7.71. The number of fused-ring (bicyclic) bond motifs is 1. The van der Waals surface area contributed by atoms with Crippen LogP contribution < -0.4 is 10.6 Å². The zero-order valence-corrected chi connectivity index (χ0v) is 10.0. The van der Waals surface area contributed by atoms with Gasteiger partial charge in [-0.25, -0.2) is 0 Å². The summed E-state index contributed by atoms with van der Waals surface area (Å²) in [4.78, 5) is 12.0. The summed E-state index contributed by atoms with van der Waals surface area (Å²) < 4.78 is 0. The van der Waals surface area contributed by atoms with E-state index in [1.54, 1.807) is 11.3 Å². The summed E-state index contributed by atoms with van der Waals surface area (Å²) in [6.07, 6.45) is 0.995. The predicted molar refractivity (Wildman–Crippen MR) is 70.9 cm³/mol. The van der Waals surface area contributed by atoms with E-state index in [-0.39, 0.29) is 5.91 Å². The molecule has 1 aromatic carbocycles. The van der Waals surface area contributed by atoms with Gasteiger partial charge in [-0.1, -0.05) is 0 Å². The van der Waals surface area contributed by atoms with Gasteiger partial charge in [0.15, 0.2) is 0 Å². The molecule has 0 unspecified atom stereocenters. The van der Waals surface area contributed by atoms with Crippen LogP contribution in [0.3, 0.4) is 0 Å². The quantitative estimate of drug-likeness (QED) is 0.852. The lowest BCUT2D eigenvalue weighted by atomic mass is 10.1. The number of carbonyl (C=O) groups excluding carboxylic acids is 1. The van der Waals surface area contributed by atoms with Gasteiger partial charge in [0.05, 0.1) is 5.69 Å². The van der Waals surface area contributed by atoms with Crippen LogP contribution in [-0.4, -0.2) is 12.5 Å². The first-order valence-electron chi connectivity index (χ1n) is 5.53. The minimum absolute atomic E-state index is 0.0434. The van der Waals surface area contributed by atoms with E-state index in [9.17, 15) is 4.79 Å². The zero-order chi connectivity index (χ0) is 11.7. The third kappa shape index (κ3) is 2.03. The predicted octanol–water partition coefficient (Wildman–Crippen LogP) is 2.97. The highest BCUT2D eigenvalue weighted by Crippen LogP contribution is 2.23. The molecule has 0 bridgehead atoms. The Morgan fingerprint density at radius 2 is 2.29 bits per heavy atom. The molecule has 0 radical (unpaired) electrons. The molecule has 0 saturated heterocycles. The molecule has 3 nitrogen and oxygen atoms in total. The Labute approximate surface area is 103 Å². The molecule has 1 aliphatic rings. The van der Waals surface area contributed by atoms with E-state index in [0.29, 0.717) is 0 Å². The lowest BCUT2D eigenvalue weighted by Crippen LogP contribution is -2.11. The second-order valence-electron chi connectivity index (χ2n) is 4.01. The number of nitrogens with one attached hydrogen (secondary N) is 2. The fraction of sp³-hybridized carbons (Fsp3) is 0.154. The van der Waals surface area contributed by atoms with Crippen LogP contribution in [0.15, 0.2) is 35.0 Å². The Bertz CT molecular complexity index is 549. The van der Waals surface area contributed by atoms with Crippen LogP contribution in [0.4, 0.5) is 11.4 Å². The number of rotatable bonds is 2. The van der Waals surface area contributed by atoms with Crippen LogP contribution in [-0.2, 0) is 6.42 Å². The van der Waals surface area contributed by atoms with Crippen molar-refractivity contribution in [3.8, 4) is 0 Å². The van der Waals surface area contributed by atoms with Crippen LogP contribution in [0, 0.1) is 0 Å². The summed E-state index contributed by atoms with van der Waals surface area (Å²) in [5.74, 6) is -0.0434. The molecule has 3 rings (SSSR count). The maximum atomic E-state index is 12.0. The second kappa shape index (κ2) is 4.22. The van der Waals surface area contributed by atoms with E-state index in [0.717, 1.165) is 29.9 Å². The smallest absolute Gasteiger partial charge is 0.255 e. The topological polar surface area (TPSA) is 41.1 Å². The Hall–Kier alpha value is -1.81. The first-order valence-corrected chi connectivity index (χ1v) is 6.47. The molecular weight excluding hydrogens is 232 g/mol. The van der Waals surface area contributed by atoms with Gasteiger partial charge in [-0.15, -0.1) is 0 Å². The number of carbonyl (C=O) groups is 1. The van der Waals surface area contributed by atoms with Crippen LogP contribution in [0.2, 0.25) is 0 Å². The fourth-order valence-electron chi connectivity index (χ4n) is 1.98. The first kappa shape index (κ1) is 10.4. The largest absolute Gasteiger partial charge is 0.384 e. The highest BCUT2D eigenvalue weighted by Gasteiger charge is 2.13. The molecule has 2 N–H and O–H groups in total. The van der Waals surface area contributed by atoms with Gasteiger partial charge in [-0.3, -0.25) is 4.79 Å². The van der Waals surface area contributed by atoms with Crippen molar-refractivity contribution >= 4 is 28.6 Å². The van der Waals surface area contributed by atoms with Crippen molar-refractivity contribution < 1.29 is 4.79 Å². The number of hydrogen-bond acceptors (Lipinski definition) is 3. The SMILES string of the molecule is O=C(Nc1ccsc1)c1ccc2c(c1)CCN2. The van der Waals surface area contributed by atoms with Gasteiger partial charge in [-0.05, 0) is 41.6 Å². The summed E-state index contributed by atoms with van der Waals surface area (Å²) >= 11 is 1.57. The summed E-state index contributed by atoms with van der Waals surface area (Å²) in [5, 5.41) is 10.0. The van der Waals surface area contributed by atoms with Gasteiger partial charge < -0.3 is 10.6 Å². The first-order chi connectivity index (χ1) is 8.33. The molecule has 0 atom stereocenters. The molecule has 1 aliphatic heterocycles. The van der Waals surface area contributed by atoms with Gasteiger partial charge in [0, 0.05) is 23.2 Å². The molecule has 2 aromatic rings. The maximum absolute atomic E-state index is 12.0. The van der Waals surface area contributed by atoms with E-state index < -0.39 is 0 Å². The highest BCUT2D eigenvalue weighted by molar-refractivity contribution is 7.08. The third-order valence-corrected chi connectivity index (χ3v) is 3.54. The Morgan fingerprint density at radius 1 is 1.35 bits per heavy atom. The molecule has 1 aromatic heterocycles. The molecule has 0 aliphatic carbocycles. The summed E-state index contributed by atoms with van der Waals surface area (Å²) in [6.45, 7) is 0.963. The second-order valence-corrected chi connectivity index (χ2v) is 4.79. The summed E-state index contributed by atoms with van der Waals surface area (Å²) in [7, 11) is 0. The van der Waals surface area contributed by atoms with Gasteiger partial charge in [-0.2, -0.15) is 11.3 Å². The Balaban J connectivity index is 1.82. The molecule has 1 amide bonds.